The third-order valence-corrected chi connectivity index (χ3v) is 3.73. The number of fused-ring (bicyclic) bond motifs is 1. The Hall–Kier alpha value is -0.640. The second-order valence-corrected chi connectivity index (χ2v) is 4.83. The standard InChI is InChI=1S/C12H12ClFN2.ClH/c13-12-11(14)3-10(6-16-12)7-1-8-4-15-5-9(8)2-7;/h1,3,6,8-9,15H,2,4-5H2;1H/t8-,9+;/m0./s1. The minimum absolute atomic E-state index is 0. The number of aromatic nitrogens is 1. The molecular weight excluding hydrogens is 262 g/mol. The maximum atomic E-state index is 13.3. The Kier molecular flexibility index (Phi) is 3.71. The smallest absolute Gasteiger partial charge is 0.164 e. The number of nitrogens with zero attached hydrogens (tertiary/aromatic N) is 1. The molecular formula is C12H13Cl2FN2. The zero-order valence-electron chi connectivity index (χ0n) is 9.12. The van der Waals surface area contributed by atoms with Crippen LogP contribution in [0.5, 0.6) is 0 Å². The molecule has 1 fully saturated rings. The van der Waals surface area contributed by atoms with E-state index >= 15 is 0 Å². The van der Waals surface area contributed by atoms with Gasteiger partial charge in [0, 0.05) is 12.7 Å². The van der Waals surface area contributed by atoms with E-state index in [1.165, 1.54) is 11.6 Å². The fraction of sp³-hybridized carbons (Fsp3) is 0.417. The molecule has 1 aromatic rings. The molecule has 0 saturated carbocycles. The number of hydrogen-bond acceptors (Lipinski definition) is 2. The highest BCUT2D eigenvalue weighted by molar-refractivity contribution is 6.29. The van der Waals surface area contributed by atoms with Crippen molar-refractivity contribution in [3.05, 3.63) is 34.9 Å². The number of pyridine rings is 1. The SMILES string of the molecule is Cl.Fc1cc(C2=C[C@H]3CNC[C@H]3C2)cnc1Cl. The minimum atomic E-state index is -0.435. The third kappa shape index (κ3) is 2.32. The quantitative estimate of drug-likeness (QED) is 0.797. The monoisotopic (exact) mass is 274 g/mol. The van der Waals surface area contributed by atoms with Crippen molar-refractivity contribution in [3.63, 3.8) is 0 Å². The molecule has 0 aromatic carbocycles. The Labute approximate surface area is 111 Å². The summed E-state index contributed by atoms with van der Waals surface area (Å²) in [6, 6.07) is 1.48. The number of rotatable bonds is 1. The second kappa shape index (κ2) is 4.92. The van der Waals surface area contributed by atoms with E-state index in [0.717, 1.165) is 25.1 Å². The zero-order valence-corrected chi connectivity index (χ0v) is 10.7. The highest BCUT2D eigenvalue weighted by Gasteiger charge is 2.31. The van der Waals surface area contributed by atoms with Crippen LogP contribution in [0.3, 0.4) is 0 Å². The van der Waals surface area contributed by atoms with Crippen LogP contribution in [-0.2, 0) is 0 Å². The van der Waals surface area contributed by atoms with Crippen molar-refractivity contribution >= 4 is 29.6 Å². The van der Waals surface area contributed by atoms with Crippen LogP contribution in [0.15, 0.2) is 18.3 Å². The second-order valence-electron chi connectivity index (χ2n) is 4.47. The van der Waals surface area contributed by atoms with Crippen LogP contribution in [0.25, 0.3) is 5.57 Å². The summed E-state index contributed by atoms with van der Waals surface area (Å²) in [5, 5.41) is 3.31. The Bertz CT molecular complexity index is 462. The maximum absolute atomic E-state index is 13.3. The van der Waals surface area contributed by atoms with E-state index in [0.29, 0.717) is 11.8 Å². The van der Waals surface area contributed by atoms with E-state index in [1.807, 2.05) is 0 Å². The molecule has 0 spiro atoms. The molecule has 5 heteroatoms. The van der Waals surface area contributed by atoms with E-state index in [4.69, 9.17) is 11.6 Å². The lowest BCUT2D eigenvalue weighted by molar-refractivity contribution is 0.536. The Balaban J connectivity index is 0.00000108. The van der Waals surface area contributed by atoms with E-state index in [1.54, 1.807) is 6.20 Å². The molecule has 1 aliphatic heterocycles. The van der Waals surface area contributed by atoms with Gasteiger partial charge in [-0.1, -0.05) is 17.7 Å². The largest absolute Gasteiger partial charge is 0.316 e. The van der Waals surface area contributed by atoms with Crippen LogP contribution >= 0.6 is 24.0 Å². The molecule has 2 aliphatic rings. The third-order valence-electron chi connectivity index (χ3n) is 3.46. The van der Waals surface area contributed by atoms with Gasteiger partial charge in [-0.05, 0) is 42.0 Å². The molecule has 2 atom stereocenters. The van der Waals surface area contributed by atoms with Crippen LogP contribution in [0.1, 0.15) is 12.0 Å². The molecule has 1 aliphatic carbocycles. The first-order chi connectivity index (χ1) is 7.74. The number of nitrogens with one attached hydrogen (secondary N) is 1. The molecule has 1 N–H and O–H groups in total. The highest BCUT2D eigenvalue weighted by atomic mass is 35.5. The fourth-order valence-corrected chi connectivity index (χ4v) is 2.70. The summed E-state index contributed by atoms with van der Waals surface area (Å²) in [6.07, 6.45) is 4.92. The Morgan fingerprint density at radius 2 is 2.24 bits per heavy atom. The molecule has 0 radical (unpaired) electrons. The molecule has 92 valence electrons. The summed E-state index contributed by atoms with van der Waals surface area (Å²) < 4.78 is 13.3. The summed E-state index contributed by atoms with van der Waals surface area (Å²) in [4.78, 5) is 3.85. The van der Waals surface area contributed by atoms with Gasteiger partial charge in [-0.2, -0.15) is 0 Å². The first kappa shape index (κ1) is 12.8. The summed E-state index contributed by atoms with van der Waals surface area (Å²) >= 11 is 5.57. The van der Waals surface area contributed by atoms with Gasteiger partial charge in [0.1, 0.15) is 0 Å². The molecule has 0 amide bonds. The predicted molar refractivity (Wildman–Crippen MR) is 68.9 cm³/mol. The molecule has 3 rings (SSSR count). The van der Waals surface area contributed by atoms with Crippen LogP contribution in [0.2, 0.25) is 5.15 Å². The summed E-state index contributed by atoms with van der Waals surface area (Å²) in [7, 11) is 0. The topological polar surface area (TPSA) is 24.9 Å². The van der Waals surface area contributed by atoms with Gasteiger partial charge in [0.2, 0.25) is 0 Å². The van der Waals surface area contributed by atoms with Gasteiger partial charge in [0.25, 0.3) is 0 Å². The van der Waals surface area contributed by atoms with E-state index in [2.05, 4.69) is 16.4 Å². The van der Waals surface area contributed by atoms with Crippen molar-refractivity contribution in [1.29, 1.82) is 0 Å². The number of halogens is 3. The summed E-state index contributed by atoms with van der Waals surface area (Å²) in [5.74, 6) is 0.845. The van der Waals surface area contributed by atoms with Crippen molar-refractivity contribution in [2.45, 2.75) is 6.42 Å². The fourth-order valence-electron chi connectivity index (χ4n) is 2.59. The van der Waals surface area contributed by atoms with Gasteiger partial charge >= 0.3 is 0 Å². The molecule has 1 saturated heterocycles. The van der Waals surface area contributed by atoms with Crippen LogP contribution in [0.4, 0.5) is 4.39 Å². The van der Waals surface area contributed by atoms with Crippen LogP contribution < -0.4 is 5.32 Å². The van der Waals surface area contributed by atoms with Gasteiger partial charge in [0.15, 0.2) is 11.0 Å². The minimum Gasteiger partial charge on any atom is -0.316 e. The first-order valence-corrected chi connectivity index (χ1v) is 5.84. The van der Waals surface area contributed by atoms with Gasteiger partial charge in [0.05, 0.1) is 0 Å². The molecule has 17 heavy (non-hydrogen) atoms. The van der Waals surface area contributed by atoms with Crippen LogP contribution in [-0.4, -0.2) is 18.1 Å². The van der Waals surface area contributed by atoms with E-state index < -0.39 is 5.82 Å². The molecule has 1 aromatic heterocycles. The lowest BCUT2D eigenvalue weighted by Gasteiger charge is -2.06. The molecule has 0 bridgehead atoms. The molecule has 2 nitrogen and oxygen atoms in total. The normalized spacial score (nSPS) is 26.4. The van der Waals surface area contributed by atoms with Gasteiger partial charge in [-0.15, -0.1) is 12.4 Å². The Morgan fingerprint density at radius 1 is 1.41 bits per heavy atom. The first-order valence-electron chi connectivity index (χ1n) is 5.47. The van der Waals surface area contributed by atoms with E-state index in [-0.39, 0.29) is 17.6 Å². The Morgan fingerprint density at radius 3 is 2.94 bits per heavy atom. The maximum Gasteiger partial charge on any atom is 0.164 e. The lowest BCUT2D eigenvalue weighted by atomic mass is 9.99. The molecule has 0 unspecified atom stereocenters. The summed E-state index contributed by atoms with van der Waals surface area (Å²) in [6.45, 7) is 2.10. The summed E-state index contributed by atoms with van der Waals surface area (Å²) in [5.41, 5.74) is 2.08. The number of allylic oxidation sites excluding steroid dienone is 1. The van der Waals surface area contributed by atoms with Gasteiger partial charge < -0.3 is 5.32 Å². The highest BCUT2D eigenvalue weighted by Crippen LogP contribution is 2.38. The predicted octanol–water partition coefficient (Wildman–Crippen LogP) is 2.92. The zero-order chi connectivity index (χ0) is 11.1. The number of hydrogen-bond donors (Lipinski definition) is 1. The average Bonchev–Trinajstić information content (AvgIpc) is 2.81. The average molecular weight is 275 g/mol. The van der Waals surface area contributed by atoms with Crippen molar-refractivity contribution < 1.29 is 4.39 Å². The van der Waals surface area contributed by atoms with Crippen molar-refractivity contribution in [2.75, 3.05) is 13.1 Å². The van der Waals surface area contributed by atoms with Crippen molar-refractivity contribution in [2.24, 2.45) is 11.8 Å². The van der Waals surface area contributed by atoms with Crippen molar-refractivity contribution in [3.8, 4) is 0 Å². The van der Waals surface area contributed by atoms with Gasteiger partial charge in [-0.3, -0.25) is 0 Å². The lowest BCUT2D eigenvalue weighted by Crippen LogP contribution is -2.09. The van der Waals surface area contributed by atoms with Crippen LogP contribution in [0, 0.1) is 17.7 Å². The van der Waals surface area contributed by atoms with E-state index in [9.17, 15) is 4.39 Å². The van der Waals surface area contributed by atoms with Crippen molar-refractivity contribution in [1.82, 2.24) is 10.3 Å². The van der Waals surface area contributed by atoms with Gasteiger partial charge in [-0.25, -0.2) is 9.37 Å². The molecule has 2 heterocycles.